The maximum Gasteiger partial charge on any atom is 0.309 e. The number of hydrogen-bond acceptors (Lipinski definition) is 5. The molecule has 7 heteroatoms. The van der Waals surface area contributed by atoms with E-state index in [1.165, 1.54) is 7.11 Å². The van der Waals surface area contributed by atoms with Crippen LogP contribution in [-0.2, 0) is 19.1 Å². The maximum atomic E-state index is 11.8. The van der Waals surface area contributed by atoms with Crippen molar-refractivity contribution >= 4 is 11.8 Å². The van der Waals surface area contributed by atoms with Crippen molar-refractivity contribution in [2.75, 3.05) is 20.8 Å². The van der Waals surface area contributed by atoms with E-state index in [9.17, 15) is 9.59 Å². The summed E-state index contributed by atoms with van der Waals surface area (Å²) in [6.07, 6.45) is 0.811. The van der Waals surface area contributed by atoms with E-state index in [0.29, 0.717) is 12.8 Å². The molecule has 0 aromatic rings. The fourth-order valence-corrected chi connectivity index (χ4v) is 2.17. The van der Waals surface area contributed by atoms with Gasteiger partial charge in [0.25, 0.3) is 0 Å². The van der Waals surface area contributed by atoms with Gasteiger partial charge in [0.15, 0.2) is 0 Å². The molecule has 0 N–H and O–H groups in total. The fraction of sp³-hybridized carbons (Fsp3) is 0.800. The van der Waals surface area contributed by atoms with Gasteiger partial charge < -0.3 is 9.47 Å². The molecular weight excluding hydrogens is 226 g/mol. The van der Waals surface area contributed by atoms with Crippen LogP contribution in [0.1, 0.15) is 12.8 Å². The van der Waals surface area contributed by atoms with Crippen LogP contribution >= 0.6 is 0 Å². The lowest BCUT2D eigenvalue weighted by atomic mass is 9.92. The molecule has 7 nitrogen and oxygen atoms in total. The molecular formula is C10H15N3O4. The molecule has 0 spiro atoms. The van der Waals surface area contributed by atoms with Gasteiger partial charge in [-0.2, -0.15) is 0 Å². The summed E-state index contributed by atoms with van der Waals surface area (Å²) in [7, 11) is 2.83. The molecule has 1 aliphatic carbocycles. The molecule has 0 heterocycles. The summed E-state index contributed by atoms with van der Waals surface area (Å²) in [5.41, 5.74) is 8.17. The second-order valence-electron chi connectivity index (χ2n) is 3.92. The molecule has 0 radical (unpaired) electrons. The van der Waals surface area contributed by atoms with Gasteiger partial charge in [-0.25, -0.2) is 0 Å². The number of azide groups is 1. The van der Waals surface area contributed by atoms with Gasteiger partial charge in [0, 0.05) is 17.9 Å². The van der Waals surface area contributed by atoms with Crippen molar-refractivity contribution in [3.05, 3.63) is 10.4 Å². The van der Waals surface area contributed by atoms with Crippen LogP contribution in [0.25, 0.3) is 10.4 Å². The Morgan fingerprint density at radius 1 is 1.35 bits per heavy atom. The van der Waals surface area contributed by atoms with Crippen molar-refractivity contribution in [3.8, 4) is 0 Å². The summed E-state index contributed by atoms with van der Waals surface area (Å²) in [4.78, 5) is 25.8. The number of esters is 1. The lowest BCUT2D eigenvalue weighted by molar-refractivity contribution is -0.148. The SMILES string of the molecule is COC(=O)[C@@H]1C[C@@H](OC)C[C@H]1C(=O)CN=[N+]=[N-]. The Bertz CT molecular complexity index is 351. The van der Waals surface area contributed by atoms with Crippen molar-refractivity contribution in [1.29, 1.82) is 0 Å². The highest BCUT2D eigenvalue weighted by Crippen LogP contribution is 2.35. The summed E-state index contributed by atoms with van der Waals surface area (Å²) < 4.78 is 9.82. The minimum absolute atomic E-state index is 0.126. The summed E-state index contributed by atoms with van der Waals surface area (Å²) in [5.74, 6) is -1.62. The third-order valence-corrected chi connectivity index (χ3v) is 3.06. The molecule has 0 aliphatic heterocycles. The smallest absolute Gasteiger partial charge is 0.309 e. The van der Waals surface area contributed by atoms with Crippen molar-refractivity contribution < 1.29 is 19.1 Å². The molecule has 1 aliphatic rings. The van der Waals surface area contributed by atoms with E-state index in [0.717, 1.165) is 0 Å². The lowest BCUT2D eigenvalue weighted by Crippen LogP contribution is -2.27. The van der Waals surface area contributed by atoms with E-state index in [1.807, 2.05) is 0 Å². The molecule has 3 atom stereocenters. The molecule has 0 aromatic carbocycles. The Morgan fingerprint density at radius 2 is 2.00 bits per heavy atom. The fourth-order valence-electron chi connectivity index (χ4n) is 2.17. The van der Waals surface area contributed by atoms with Gasteiger partial charge in [0.1, 0.15) is 5.78 Å². The zero-order chi connectivity index (χ0) is 12.8. The Hall–Kier alpha value is -1.59. The zero-order valence-corrected chi connectivity index (χ0v) is 9.83. The normalized spacial score (nSPS) is 27.3. The topological polar surface area (TPSA) is 101 Å². The Balaban J connectivity index is 2.75. The minimum atomic E-state index is -0.494. The van der Waals surface area contributed by atoms with E-state index < -0.39 is 17.8 Å². The van der Waals surface area contributed by atoms with Gasteiger partial charge in [0.2, 0.25) is 0 Å². The predicted molar refractivity (Wildman–Crippen MR) is 58.0 cm³/mol. The average molecular weight is 241 g/mol. The Kier molecular flexibility index (Phi) is 4.93. The first-order valence-electron chi connectivity index (χ1n) is 5.28. The van der Waals surface area contributed by atoms with Crippen molar-refractivity contribution in [2.45, 2.75) is 18.9 Å². The standard InChI is InChI=1S/C10H15N3O4/c1-16-6-3-7(9(14)5-12-13-11)8(4-6)10(15)17-2/h6-8H,3-5H2,1-2H3/t6-,7+,8+/m0/s1. The first kappa shape index (κ1) is 13.5. The number of carbonyl (C=O) groups is 2. The second-order valence-corrected chi connectivity index (χ2v) is 3.92. The predicted octanol–water partition coefficient (Wildman–Crippen LogP) is 1.08. The number of nitrogens with zero attached hydrogens (tertiary/aromatic N) is 3. The van der Waals surface area contributed by atoms with Gasteiger partial charge in [-0.3, -0.25) is 9.59 Å². The van der Waals surface area contributed by atoms with Crippen LogP contribution < -0.4 is 0 Å². The van der Waals surface area contributed by atoms with Crippen molar-refractivity contribution in [1.82, 2.24) is 0 Å². The molecule has 94 valence electrons. The zero-order valence-electron chi connectivity index (χ0n) is 9.83. The van der Waals surface area contributed by atoms with Crippen LogP contribution in [0.2, 0.25) is 0 Å². The summed E-state index contributed by atoms with van der Waals surface area (Å²) in [5, 5.41) is 3.22. The summed E-state index contributed by atoms with van der Waals surface area (Å²) in [6.45, 7) is -0.231. The first-order chi connectivity index (χ1) is 8.13. The third-order valence-electron chi connectivity index (χ3n) is 3.06. The van der Waals surface area contributed by atoms with E-state index in [-0.39, 0.29) is 18.4 Å². The quantitative estimate of drug-likeness (QED) is 0.311. The van der Waals surface area contributed by atoms with Gasteiger partial charge in [-0.1, -0.05) is 5.11 Å². The van der Waals surface area contributed by atoms with Gasteiger partial charge in [0.05, 0.1) is 25.7 Å². The molecule has 0 aromatic heterocycles. The van der Waals surface area contributed by atoms with Crippen molar-refractivity contribution in [2.24, 2.45) is 17.0 Å². The van der Waals surface area contributed by atoms with E-state index in [1.54, 1.807) is 7.11 Å². The van der Waals surface area contributed by atoms with Crippen LogP contribution in [0.3, 0.4) is 0 Å². The number of methoxy groups -OCH3 is 2. The first-order valence-corrected chi connectivity index (χ1v) is 5.28. The Labute approximate surface area is 98.7 Å². The van der Waals surface area contributed by atoms with Gasteiger partial charge in [-0.15, -0.1) is 0 Å². The molecule has 1 fully saturated rings. The van der Waals surface area contributed by atoms with Crippen LogP contribution in [0, 0.1) is 11.8 Å². The van der Waals surface area contributed by atoms with E-state index >= 15 is 0 Å². The monoisotopic (exact) mass is 241 g/mol. The summed E-state index contributed by atoms with van der Waals surface area (Å²) in [6, 6.07) is 0. The molecule has 17 heavy (non-hydrogen) atoms. The number of ether oxygens (including phenoxy) is 2. The van der Waals surface area contributed by atoms with Crippen molar-refractivity contribution in [3.63, 3.8) is 0 Å². The van der Waals surface area contributed by atoms with E-state index in [2.05, 4.69) is 14.8 Å². The second kappa shape index (κ2) is 6.22. The van der Waals surface area contributed by atoms with Crippen LogP contribution in [0.15, 0.2) is 5.11 Å². The molecule has 0 bridgehead atoms. The van der Waals surface area contributed by atoms with Crippen LogP contribution in [0.4, 0.5) is 0 Å². The molecule has 1 saturated carbocycles. The third kappa shape index (κ3) is 3.18. The summed E-state index contributed by atoms with van der Waals surface area (Å²) >= 11 is 0. The highest BCUT2D eigenvalue weighted by Gasteiger charge is 2.42. The van der Waals surface area contributed by atoms with Crippen LogP contribution in [0.5, 0.6) is 0 Å². The van der Waals surface area contributed by atoms with Gasteiger partial charge in [-0.05, 0) is 18.4 Å². The molecule has 1 rings (SSSR count). The number of rotatable bonds is 5. The molecule has 0 unspecified atom stereocenters. The maximum absolute atomic E-state index is 11.8. The largest absolute Gasteiger partial charge is 0.469 e. The number of carbonyl (C=O) groups excluding carboxylic acids is 2. The highest BCUT2D eigenvalue weighted by atomic mass is 16.5. The number of ketones is 1. The molecule has 0 amide bonds. The number of Topliss-reactive ketones (excluding diaryl/α,β-unsaturated/α-hetero) is 1. The average Bonchev–Trinajstić information content (AvgIpc) is 2.79. The number of hydrogen-bond donors (Lipinski definition) is 0. The van der Waals surface area contributed by atoms with Gasteiger partial charge >= 0.3 is 5.97 Å². The lowest BCUT2D eigenvalue weighted by Gasteiger charge is -2.14. The Morgan fingerprint density at radius 3 is 2.53 bits per heavy atom. The molecule has 0 saturated heterocycles. The van der Waals surface area contributed by atoms with Crippen LogP contribution in [-0.4, -0.2) is 38.6 Å². The minimum Gasteiger partial charge on any atom is -0.469 e. The van der Waals surface area contributed by atoms with E-state index in [4.69, 9.17) is 10.3 Å². The highest BCUT2D eigenvalue weighted by molar-refractivity contribution is 5.88.